The van der Waals surface area contributed by atoms with Crippen molar-refractivity contribution in [2.24, 2.45) is 0 Å². The van der Waals surface area contributed by atoms with Gasteiger partial charge >= 0.3 is 0 Å². The summed E-state index contributed by atoms with van der Waals surface area (Å²) in [5.74, 6) is 0. The second-order valence-electron chi connectivity index (χ2n) is 6.16. The molecular weight excluding hydrogens is 256 g/mol. The van der Waals surface area contributed by atoms with E-state index in [1.54, 1.807) is 12.1 Å². The molecule has 0 unspecified atom stereocenters. The van der Waals surface area contributed by atoms with E-state index in [2.05, 4.69) is 25.7 Å². The van der Waals surface area contributed by atoms with Crippen LogP contribution in [0.25, 0.3) is 0 Å². The van der Waals surface area contributed by atoms with E-state index in [4.69, 9.17) is 4.74 Å². The first-order valence-corrected chi connectivity index (χ1v) is 7.03. The average molecular weight is 278 g/mol. The van der Waals surface area contributed by atoms with Gasteiger partial charge in [-0.1, -0.05) is 12.1 Å². The van der Waals surface area contributed by atoms with Crippen molar-refractivity contribution >= 4 is 11.4 Å². The van der Waals surface area contributed by atoms with Crippen LogP contribution in [0, 0.1) is 10.1 Å². The summed E-state index contributed by atoms with van der Waals surface area (Å²) in [4.78, 5) is 12.8. The molecule has 5 heteroatoms. The van der Waals surface area contributed by atoms with Crippen LogP contribution in [0.5, 0.6) is 0 Å². The molecule has 1 aromatic carbocycles. The van der Waals surface area contributed by atoms with Crippen molar-refractivity contribution in [1.82, 2.24) is 0 Å². The highest BCUT2D eigenvalue weighted by Gasteiger charge is 2.27. The van der Waals surface area contributed by atoms with E-state index in [0.717, 1.165) is 25.9 Å². The maximum Gasteiger partial charge on any atom is 0.292 e. The van der Waals surface area contributed by atoms with Crippen LogP contribution in [0.3, 0.4) is 0 Å². The highest BCUT2D eigenvalue weighted by Crippen LogP contribution is 2.31. The minimum Gasteiger partial charge on any atom is -0.372 e. The minimum atomic E-state index is -0.312. The predicted molar refractivity (Wildman–Crippen MR) is 79.2 cm³/mol. The fourth-order valence-electron chi connectivity index (χ4n) is 2.60. The molecule has 2 rings (SSSR count). The zero-order valence-electron chi connectivity index (χ0n) is 12.3. The Labute approximate surface area is 119 Å². The molecule has 20 heavy (non-hydrogen) atoms. The summed E-state index contributed by atoms with van der Waals surface area (Å²) < 4.78 is 5.98. The van der Waals surface area contributed by atoms with Crippen LogP contribution in [-0.2, 0) is 4.74 Å². The zero-order chi connectivity index (χ0) is 14.8. The third-order valence-electron chi connectivity index (χ3n) is 3.38. The van der Waals surface area contributed by atoms with Gasteiger partial charge in [0.05, 0.1) is 16.6 Å². The number of nitro benzene ring substituents is 1. The molecule has 1 aliphatic heterocycles. The van der Waals surface area contributed by atoms with Crippen molar-refractivity contribution in [2.75, 3.05) is 18.0 Å². The van der Waals surface area contributed by atoms with E-state index in [-0.39, 0.29) is 22.3 Å². The lowest BCUT2D eigenvalue weighted by Gasteiger charge is -2.36. The first-order valence-electron chi connectivity index (χ1n) is 7.03. The highest BCUT2D eigenvalue weighted by molar-refractivity contribution is 5.63. The summed E-state index contributed by atoms with van der Waals surface area (Å²) in [5.41, 5.74) is 0.764. The Hall–Kier alpha value is -1.62. The Morgan fingerprint density at radius 3 is 2.40 bits per heavy atom. The monoisotopic (exact) mass is 278 g/mol. The summed E-state index contributed by atoms with van der Waals surface area (Å²) in [7, 11) is 0. The van der Waals surface area contributed by atoms with Crippen molar-refractivity contribution in [3.8, 4) is 0 Å². The molecule has 0 aliphatic carbocycles. The zero-order valence-corrected chi connectivity index (χ0v) is 12.3. The molecule has 1 saturated heterocycles. The van der Waals surface area contributed by atoms with Gasteiger partial charge in [-0.2, -0.15) is 0 Å². The number of nitro groups is 1. The van der Waals surface area contributed by atoms with Gasteiger partial charge in [0.25, 0.3) is 5.69 Å². The molecule has 0 bridgehead atoms. The Kier molecular flexibility index (Phi) is 4.28. The van der Waals surface area contributed by atoms with Crippen LogP contribution in [0.1, 0.15) is 33.6 Å². The van der Waals surface area contributed by atoms with Gasteiger partial charge in [-0.25, -0.2) is 0 Å². The number of hydrogen-bond acceptors (Lipinski definition) is 4. The standard InChI is InChI=1S/C15H22N2O3/c1-15(2,3)20-12-8-10-16(11-9-12)13-6-4-5-7-14(13)17(18)19/h4-7,12H,8-11H2,1-3H3. The molecule has 0 atom stereocenters. The smallest absolute Gasteiger partial charge is 0.292 e. The lowest BCUT2D eigenvalue weighted by Crippen LogP contribution is -2.40. The van der Waals surface area contributed by atoms with Crippen LogP contribution < -0.4 is 4.90 Å². The van der Waals surface area contributed by atoms with E-state index in [9.17, 15) is 10.1 Å². The molecule has 110 valence electrons. The van der Waals surface area contributed by atoms with E-state index >= 15 is 0 Å². The van der Waals surface area contributed by atoms with Crippen LogP contribution in [0.15, 0.2) is 24.3 Å². The molecule has 0 N–H and O–H groups in total. The van der Waals surface area contributed by atoms with Gasteiger partial charge in [-0.3, -0.25) is 10.1 Å². The number of benzene rings is 1. The molecule has 0 aromatic heterocycles. The Balaban J connectivity index is 2.03. The molecule has 0 radical (unpaired) electrons. The number of rotatable bonds is 3. The molecule has 1 aromatic rings. The van der Waals surface area contributed by atoms with Crippen molar-refractivity contribution in [1.29, 1.82) is 0 Å². The molecule has 1 aliphatic rings. The Morgan fingerprint density at radius 1 is 1.25 bits per heavy atom. The van der Waals surface area contributed by atoms with Gasteiger partial charge in [0.2, 0.25) is 0 Å². The fraction of sp³-hybridized carbons (Fsp3) is 0.600. The third kappa shape index (κ3) is 3.70. The largest absolute Gasteiger partial charge is 0.372 e. The molecule has 0 amide bonds. The van der Waals surface area contributed by atoms with Crippen molar-refractivity contribution < 1.29 is 9.66 Å². The second kappa shape index (κ2) is 5.79. The maximum atomic E-state index is 11.1. The van der Waals surface area contributed by atoms with Crippen molar-refractivity contribution in [2.45, 2.75) is 45.3 Å². The molecule has 1 fully saturated rings. The summed E-state index contributed by atoms with van der Waals surface area (Å²) in [6.07, 6.45) is 2.06. The minimum absolute atomic E-state index is 0.133. The topological polar surface area (TPSA) is 55.6 Å². The molecule has 0 saturated carbocycles. The Morgan fingerprint density at radius 2 is 1.85 bits per heavy atom. The molecular formula is C15H22N2O3. The number of piperidine rings is 1. The van der Waals surface area contributed by atoms with E-state index in [0.29, 0.717) is 5.69 Å². The van der Waals surface area contributed by atoms with Gasteiger partial charge in [0.15, 0.2) is 0 Å². The fourth-order valence-corrected chi connectivity index (χ4v) is 2.60. The lowest BCUT2D eigenvalue weighted by atomic mass is 10.0. The van der Waals surface area contributed by atoms with Crippen LogP contribution in [0.2, 0.25) is 0 Å². The summed E-state index contributed by atoms with van der Waals surface area (Å²) in [5, 5.41) is 11.1. The van der Waals surface area contributed by atoms with Crippen molar-refractivity contribution in [3.05, 3.63) is 34.4 Å². The quantitative estimate of drug-likeness (QED) is 0.628. The van der Waals surface area contributed by atoms with Gasteiger partial charge in [0, 0.05) is 19.2 Å². The normalized spacial score (nSPS) is 17.2. The van der Waals surface area contributed by atoms with E-state index in [1.807, 2.05) is 12.1 Å². The lowest BCUT2D eigenvalue weighted by molar-refractivity contribution is -0.384. The van der Waals surface area contributed by atoms with Crippen LogP contribution in [0.4, 0.5) is 11.4 Å². The first kappa shape index (κ1) is 14.8. The Bertz CT molecular complexity index is 474. The number of para-hydroxylation sites is 2. The summed E-state index contributed by atoms with van der Waals surface area (Å²) in [6, 6.07) is 6.94. The molecule has 0 spiro atoms. The van der Waals surface area contributed by atoms with Crippen LogP contribution in [-0.4, -0.2) is 29.7 Å². The predicted octanol–water partition coefficient (Wildman–Crippen LogP) is 3.38. The SMILES string of the molecule is CC(C)(C)OC1CCN(c2ccccc2[N+](=O)[O-])CC1. The molecule has 1 heterocycles. The summed E-state index contributed by atoms with van der Waals surface area (Å²) in [6.45, 7) is 7.77. The van der Waals surface area contributed by atoms with E-state index < -0.39 is 0 Å². The van der Waals surface area contributed by atoms with E-state index in [1.165, 1.54) is 0 Å². The first-order chi connectivity index (χ1) is 9.37. The number of nitrogens with zero attached hydrogens (tertiary/aromatic N) is 2. The van der Waals surface area contributed by atoms with Gasteiger partial charge in [-0.15, -0.1) is 0 Å². The average Bonchev–Trinajstić information content (AvgIpc) is 2.38. The second-order valence-corrected chi connectivity index (χ2v) is 6.16. The third-order valence-corrected chi connectivity index (χ3v) is 3.38. The van der Waals surface area contributed by atoms with Gasteiger partial charge < -0.3 is 9.64 Å². The highest BCUT2D eigenvalue weighted by atomic mass is 16.6. The molecule has 5 nitrogen and oxygen atoms in total. The number of hydrogen-bond donors (Lipinski definition) is 0. The summed E-state index contributed by atoms with van der Waals surface area (Å²) >= 11 is 0. The maximum absolute atomic E-state index is 11.1. The van der Waals surface area contributed by atoms with Gasteiger partial charge in [-0.05, 0) is 39.7 Å². The van der Waals surface area contributed by atoms with Crippen molar-refractivity contribution in [3.63, 3.8) is 0 Å². The number of anilines is 1. The van der Waals surface area contributed by atoms with Crippen LogP contribution >= 0.6 is 0 Å². The van der Waals surface area contributed by atoms with Gasteiger partial charge in [0.1, 0.15) is 5.69 Å². The number of ether oxygens (including phenoxy) is 1.